The molecule has 0 fully saturated rings. The Hall–Kier alpha value is -2.80. The second-order valence-electron chi connectivity index (χ2n) is 6.88. The topological polar surface area (TPSA) is 67.9 Å². The van der Waals surface area contributed by atoms with E-state index in [4.69, 9.17) is 9.47 Å². The van der Waals surface area contributed by atoms with Crippen molar-refractivity contribution in [2.45, 2.75) is 33.7 Å². The van der Waals surface area contributed by atoms with E-state index in [0.29, 0.717) is 23.6 Å². The molecule has 7 heteroatoms. The van der Waals surface area contributed by atoms with Crippen molar-refractivity contribution in [3.63, 3.8) is 0 Å². The molecule has 2 aromatic rings. The summed E-state index contributed by atoms with van der Waals surface area (Å²) in [7, 11) is 0. The Morgan fingerprint density at radius 2 is 1.93 bits per heavy atom. The third-order valence-electron chi connectivity index (χ3n) is 4.70. The summed E-state index contributed by atoms with van der Waals surface area (Å²) in [6.07, 6.45) is 0. The molecule has 1 aliphatic heterocycles. The first-order valence-electron chi connectivity index (χ1n) is 9.66. The number of likely N-dealkylation sites (N-methyl/N-ethyl adjacent to an activating group) is 1. The molecule has 0 radical (unpaired) electrons. The Morgan fingerprint density at radius 3 is 2.52 bits per heavy atom. The molecule has 1 aliphatic rings. The van der Waals surface area contributed by atoms with Crippen molar-refractivity contribution in [2.24, 2.45) is 0 Å². The molecule has 0 aliphatic carbocycles. The Balaban J connectivity index is 2.03. The van der Waals surface area contributed by atoms with E-state index in [1.165, 1.54) is 16.2 Å². The summed E-state index contributed by atoms with van der Waals surface area (Å²) in [5, 5.41) is 6.78. The van der Waals surface area contributed by atoms with E-state index in [1.807, 2.05) is 49.7 Å². The van der Waals surface area contributed by atoms with Crippen molar-refractivity contribution in [2.75, 3.05) is 19.8 Å². The third kappa shape index (κ3) is 4.62. The molecule has 2 amide bonds. The van der Waals surface area contributed by atoms with Crippen LogP contribution in [-0.2, 0) is 9.53 Å². The van der Waals surface area contributed by atoms with Crippen LogP contribution in [0.25, 0.3) is 0 Å². The zero-order valence-electron chi connectivity index (χ0n) is 17.2. The number of hydrogen-bond acceptors (Lipinski definition) is 5. The van der Waals surface area contributed by atoms with Gasteiger partial charge in [0.05, 0.1) is 23.9 Å². The fraction of sp³-hybridized carbons (Fsp3) is 0.364. The summed E-state index contributed by atoms with van der Waals surface area (Å²) >= 11 is 1.51. The monoisotopic (exact) mass is 414 g/mol. The van der Waals surface area contributed by atoms with Gasteiger partial charge in [-0.1, -0.05) is 6.07 Å². The van der Waals surface area contributed by atoms with E-state index in [0.717, 1.165) is 16.7 Å². The first-order valence-corrected chi connectivity index (χ1v) is 10.6. The van der Waals surface area contributed by atoms with Crippen LogP contribution in [0.2, 0.25) is 0 Å². The van der Waals surface area contributed by atoms with Crippen molar-refractivity contribution >= 4 is 23.3 Å². The predicted octanol–water partition coefficient (Wildman–Crippen LogP) is 4.35. The van der Waals surface area contributed by atoms with Crippen LogP contribution in [0.15, 0.2) is 46.3 Å². The van der Waals surface area contributed by atoms with E-state index >= 15 is 0 Å². The Bertz CT molecular complexity index is 901. The lowest BCUT2D eigenvalue weighted by Crippen LogP contribution is -2.49. The summed E-state index contributed by atoms with van der Waals surface area (Å²) in [6.45, 7) is 8.40. The average molecular weight is 415 g/mol. The van der Waals surface area contributed by atoms with Crippen LogP contribution in [0.4, 0.5) is 4.79 Å². The molecule has 1 N–H and O–H groups in total. The van der Waals surface area contributed by atoms with Crippen molar-refractivity contribution in [3.05, 3.63) is 63.0 Å². The number of benzene rings is 1. The number of thiophene rings is 1. The molecule has 0 bridgehead atoms. The van der Waals surface area contributed by atoms with E-state index in [-0.39, 0.29) is 19.2 Å². The van der Waals surface area contributed by atoms with Crippen molar-refractivity contribution < 1.29 is 19.1 Å². The van der Waals surface area contributed by atoms with Crippen LogP contribution >= 0.6 is 11.3 Å². The maximum atomic E-state index is 12.9. The number of ether oxygens (including phenoxy) is 2. The van der Waals surface area contributed by atoms with Crippen molar-refractivity contribution in [3.8, 4) is 5.75 Å². The Morgan fingerprint density at radius 1 is 1.21 bits per heavy atom. The smallest absolute Gasteiger partial charge is 0.338 e. The zero-order valence-corrected chi connectivity index (χ0v) is 18.0. The number of amides is 2. The summed E-state index contributed by atoms with van der Waals surface area (Å²) in [6, 6.07) is 7.03. The molecule has 1 aromatic heterocycles. The normalized spacial score (nSPS) is 16.6. The molecular weight excluding hydrogens is 388 g/mol. The molecule has 3 rings (SSSR count). The van der Waals surface area contributed by atoms with Gasteiger partial charge in [-0.05, 0) is 73.3 Å². The van der Waals surface area contributed by atoms with Gasteiger partial charge in [-0.3, -0.25) is 4.90 Å². The Kier molecular flexibility index (Phi) is 6.59. The first-order chi connectivity index (χ1) is 13.9. The zero-order chi connectivity index (χ0) is 21.0. The molecule has 1 aromatic carbocycles. The predicted molar refractivity (Wildman–Crippen MR) is 113 cm³/mol. The van der Waals surface area contributed by atoms with E-state index < -0.39 is 12.0 Å². The number of esters is 1. The molecule has 0 saturated heterocycles. The number of carbonyl (C=O) groups excluding carboxylic acids is 2. The van der Waals surface area contributed by atoms with E-state index in [2.05, 4.69) is 11.4 Å². The van der Waals surface area contributed by atoms with Crippen LogP contribution in [0.3, 0.4) is 0 Å². The van der Waals surface area contributed by atoms with Gasteiger partial charge in [0.1, 0.15) is 12.4 Å². The summed E-state index contributed by atoms with van der Waals surface area (Å²) in [5.74, 6) is 0.258. The van der Waals surface area contributed by atoms with Gasteiger partial charge in [-0.15, -0.1) is 0 Å². The molecule has 1 atom stereocenters. The standard InChI is InChI=1S/C22H26N2O4S/c1-5-24-18(12-28-17-10-14(3)9-15(4)11-17)19(21(25)27-6-2)20(23-22(24)26)16-7-8-29-13-16/h7-11,13,20H,5-6,12H2,1-4H3,(H,23,26)/t20-/m0/s1. The molecule has 154 valence electrons. The molecule has 0 unspecified atom stereocenters. The van der Waals surface area contributed by atoms with Gasteiger partial charge >= 0.3 is 12.0 Å². The first kappa shape index (κ1) is 20.9. The maximum Gasteiger partial charge on any atom is 0.338 e. The number of carbonyl (C=O) groups is 2. The highest BCUT2D eigenvalue weighted by molar-refractivity contribution is 7.08. The fourth-order valence-electron chi connectivity index (χ4n) is 3.50. The minimum atomic E-state index is -0.562. The number of nitrogens with one attached hydrogen (secondary N) is 1. The number of hydrogen-bond donors (Lipinski definition) is 1. The largest absolute Gasteiger partial charge is 0.487 e. The quantitative estimate of drug-likeness (QED) is 0.684. The Labute approximate surface area is 175 Å². The van der Waals surface area contributed by atoms with Crippen LogP contribution in [-0.4, -0.2) is 36.7 Å². The minimum absolute atomic E-state index is 0.0962. The number of nitrogens with zero attached hydrogens (tertiary/aromatic N) is 1. The lowest BCUT2D eigenvalue weighted by Gasteiger charge is -2.35. The van der Waals surface area contributed by atoms with Gasteiger partial charge in [-0.25, -0.2) is 9.59 Å². The molecule has 2 heterocycles. The summed E-state index contributed by atoms with van der Waals surface area (Å²) < 4.78 is 11.4. The number of aryl methyl sites for hydroxylation is 2. The van der Waals surface area contributed by atoms with Gasteiger partial charge in [-0.2, -0.15) is 11.3 Å². The lowest BCUT2D eigenvalue weighted by molar-refractivity contribution is -0.139. The van der Waals surface area contributed by atoms with Crippen LogP contribution in [0, 0.1) is 13.8 Å². The highest BCUT2D eigenvalue weighted by atomic mass is 32.1. The summed E-state index contributed by atoms with van der Waals surface area (Å²) in [5.41, 5.74) is 3.97. The lowest BCUT2D eigenvalue weighted by atomic mass is 9.96. The van der Waals surface area contributed by atoms with Crippen molar-refractivity contribution in [1.82, 2.24) is 10.2 Å². The van der Waals surface area contributed by atoms with Gasteiger partial charge in [0.25, 0.3) is 0 Å². The van der Waals surface area contributed by atoms with Crippen LogP contribution in [0.5, 0.6) is 5.75 Å². The highest BCUT2D eigenvalue weighted by Gasteiger charge is 2.38. The number of urea groups is 1. The maximum absolute atomic E-state index is 12.9. The molecular formula is C22H26N2O4S. The fourth-order valence-corrected chi connectivity index (χ4v) is 4.19. The highest BCUT2D eigenvalue weighted by Crippen LogP contribution is 2.33. The van der Waals surface area contributed by atoms with Gasteiger partial charge < -0.3 is 14.8 Å². The minimum Gasteiger partial charge on any atom is -0.487 e. The van der Waals surface area contributed by atoms with Crippen LogP contribution in [0.1, 0.15) is 36.6 Å². The second-order valence-corrected chi connectivity index (χ2v) is 7.66. The summed E-state index contributed by atoms with van der Waals surface area (Å²) in [4.78, 5) is 27.2. The number of rotatable bonds is 7. The molecule has 29 heavy (non-hydrogen) atoms. The molecule has 0 spiro atoms. The molecule has 6 nitrogen and oxygen atoms in total. The SMILES string of the molecule is CCOC(=O)C1=C(COc2cc(C)cc(C)c2)N(CC)C(=O)N[C@H]1c1ccsc1. The van der Waals surface area contributed by atoms with Crippen LogP contribution < -0.4 is 10.1 Å². The van der Waals surface area contributed by atoms with E-state index in [1.54, 1.807) is 6.92 Å². The van der Waals surface area contributed by atoms with Gasteiger partial charge in [0.15, 0.2) is 0 Å². The average Bonchev–Trinajstić information content (AvgIpc) is 3.19. The van der Waals surface area contributed by atoms with E-state index in [9.17, 15) is 9.59 Å². The van der Waals surface area contributed by atoms with Crippen molar-refractivity contribution in [1.29, 1.82) is 0 Å². The van der Waals surface area contributed by atoms with Gasteiger partial charge in [0, 0.05) is 6.54 Å². The van der Waals surface area contributed by atoms with Gasteiger partial charge in [0.2, 0.25) is 0 Å². The second kappa shape index (κ2) is 9.13. The third-order valence-corrected chi connectivity index (χ3v) is 5.40. The molecule has 0 saturated carbocycles.